The van der Waals surface area contributed by atoms with Gasteiger partial charge in [-0.05, 0) is 52.5 Å². The van der Waals surface area contributed by atoms with Crippen LogP contribution >= 0.6 is 0 Å². The van der Waals surface area contributed by atoms with Gasteiger partial charge in [0.1, 0.15) is 23.9 Å². The van der Waals surface area contributed by atoms with E-state index in [1.165, 1.54) is 18.7 Å². The molecule has 0 radical (unpaired) electrons. The molecule has 17 nitrogen and oxygen atoms in total. The maximum atomic E-state index is 13.3. The van der Waals surface area contributed by atoms with Crippen molar-refractivity contribution in [1.82, 2.24) is 36.8 Å². The van der Waals surface area contributed by atoms with Crippen molar-refractivity contribution >= 4 is 47.2 Å². The van der Waals surface area contributed by atoms with Gasteiger partial charge in [-0.25, -0.2) is 0 Å². The number of ketones is 1. The Bertz CT molecular complexity index is 1100. The summed E-state index contributed by atoms with van der Waals surface area (Å²) in [6, 6.07) is -4.42. The highest BCUT2D eigenvalue weighted by Gasteiger charge is 2.39. The summed E-state index contributed by atoms with van der Waals surface area (Å²) >= 11 is 0. The smallest absolute Gasteiger partial charge is 0.303 e. The molecule has 1 heterocycles. The molecular formula is C28H47N7O10. The predicted molar refractivity (Wildman–Crippen MR) is 159 cm³/mol. The number of hydrogen-bond acceptors (Lipinski definition) is 10. The van der Waals surface area contributed by atoms with E-state index < -0.39 is 85.3 Å². The molecule has 17 heteroatoms. The van der Waals surface area contributed by atoms with Crippen molar-refractivity contribution < 1.29 is 48.6 Å². The highest BCUT2D eigenvalue weighted by atomic mass is 16.4. The van der Waals surface area contributed by atoms with E-state index in [2.05, 4.69) is 31.9 Å². The summed E-state index contributed by atoms with van der Waals surface area (Å²) in [5, 5.41) is 33.9. The number of carbonyl (C=O) groups excluding carboxylic acids is 7. The fourth-order valence-electron chi connectivity index (χ4n) is 4.58. The number of carboxylic acids is 1. The minimum atomic E-state index is -1.59. The van der Waals surface area contributed by atoms with Gasteiger partial charge < -0.3 is 47.0 Å². The van der Waals surface area contributed by atoms with Gasteiger partial charge in [-0.3, -0.25) is 38.4 Å². The van der Waals surface area contributed by atoms with Gasteiger partial charge in [0.2, 0.25) is 35.4 Å². The highest BCUT2D eigenvalue weighted by molar-refractivity contribution is 5.96. The number of nitrogens with zero attached hydrogens (tertiary/aromatic N) is 1. The number of amides is 6. The number of rotatable bonds is 19. The third-order valence-corrected chi connectivity index (χ3v) is 6.94. The van der Waals surface area contributed by atoms with Crippen LogP contribution in [0.4, 0.5) is 0 Å². The molecule has 0 aromatic rings. The Kier molecular flexibility index (Phi) is 16.7. The average molecular weight is 642 g/mol. The zero-order valence-electron chi connectivity index (χ0n) is 26.4. The van der Waals surface area contributed by atoms with Crippen LogP contribution in [0, 0.1) is 5.92 Å². The third kappa shape index (κ3) is 14.0. The van der Waals surface area contributed by atoms with Crippen LogP contribution < -0.4 is 31.9 Å². The van der Waals surface area contributed by atoms with Crippen LogP contribution in [0.2, 0.25) is 0 Å². The molecule has 254 valence electrons. The minimum Gasteiger partial charge on any atom is -0.481 e. The molecular weight excluding hydrogens is 594 g/mol. The molecule has 1 fully saturated rings. The Morgan fingerprint density at radius 1 is 0.844 bits per heavy atom. The van der Waals surface area contributed by atoms with Crippen LogP contribution in [0.3, 0.4) is 0 Å². The normalized spacial score (nSPS) is 17.0. The molecule has 5 atom stereocenters. The minimum absolute atomic E-state index is 0.207. The van der Waals surface area contributed by atoms with E-state index in [0.29, 0.717) is 25.8 Å². The molecule has 0 aromatic heterocycles. The fourth-order valence-corrected chi connectivity index (χ4v) is 4.58. The molecule has 8 N–H and O–H groups in total. The van der Waals surface area contributed by atoms with Crippen molar-refractivity contribution in [2.75, 3.05) is 33.2 Å². The van der Waals surface area contributed by atoms with Gasteiger partial charge in [-0.15, -0.1) is 0 Å². The van der Waals surface area contributed by atoms with E-state index in [-0.39, 0.29) is 30.6 Å². The second kappa shape index (κ2) is 19.3. The first-order valence-corrected chi connectivity index (χ1v) is 14.9. The Labute approximate surface area is 262 Å². The van der Waals surface area contributed by atoms with Crippen molar-refractivity contribution in [3.63, 3.8) is 0 Å². The van der Waals surface area contributed by atoms with Gasteiger partial charge in [0.05, 0.1) is 31.8 Å². The second-order valence-corrected chi connectivity index (χ2v) is 11.4. The first-order valence-electron chi connectivity index (χ1n) is 14.9. The molecule has 0 unspecified atom stereocenters. The maximum Gasteiger partial charge on any atom is 0.303 e. The first kappa shape index (κ1) is 38.9. The number of likely N-dealkylation sites (N-methyl/N-ethyl adjacent to an activating group) is 1. The Morgan fingerprint density at radius 3 is 1.98 bits per heavy atom. The third-order valence-electron chi connectivity index (χ3n) is 6.94. The summed E-state index contributed by atoms with van der Waals surface area (Å²) in [7, 11) is 1.65. The van der Waals surface area contributed by atoms with E-state index >= 15 is 0 Å². The summed E-state index contributed by atoms with van der Waals surface area (Å²) in [6.07, 6.45) is -0.884. The SMILES string of the molecule is CN[C@@H](CC(C)C)C(=O)N1CCC[C@H]1C(=O)N[C@@H](CCC(=O)O)C(=O)N[C@H](C(=O)NCC(=O)NCC(=O)NCC(C)=O)[C@@H](C)O. The number of carboxylic acid groups (broad SMARTS) is 1. The van der Waals surface area contributed by atoms with Gasteiger partial charge in [0.15, 0.2) is 0 Å². The van der Waals surface area contributed by atoms with Crippen molar-refractivity contribution in [2.45, 2.75) is 90.1 Å². The van der Waals surface area contributed by atoms with Crippen molar-refractivity contribution in [3.8, 4) is 0 Å². The molecule has 45 heavy (non-hydrogen) atoms. The van der Waals surface area contributed by atoms with Gasteiger partial charge >= 0.3 is 5.97 Å². The van der Waals surface area contributed by atoms with E-state index in [1.54, 1.807) is 7.05 Å². The lowest BCUT2D eigenvalue weighted by Crippen LogP contribution is -2.59. The number of aliphatic hydroxyl groups is 1. The number of hydrogen-bond donors (Lipinski definition) is 8. The van der Waals surface area contributed by atoms with Gasteiger partial charge in [-0.2, -0.15) is 0 Å². The van der Waals surface area contributed by atoms with Gasteiger partial charge in [-0.1, -0.05) is 13.8 Å². The lowest BCUT2D eigenvalue weighted by Gasteiger charge is -2.30. The van der Waals surface area contributed by atoms with Crippen molar-refractivity contribution in [3.05, 3.63) is 0 Å². The molecule has 0 saturated carbocycles. The van der Waals surface area contributed by atoms with Crippen LogP contribution in [0.1, 0.15) is 59.8 Å². The average Bonchev–Trinajstić information content (AvgIpc) is 3.46. The molecule has 6 amide bonds. The first-order chi connectivity index (χ1) is 21.1. The van der Waals surface area contributed by atoms with E-state index in [1.807, 2.05) is 13.8 Å². The summed E-state index contributed by atoms with van der Waals surface area (Å²) in [5.74, 6) is -5.55. The number of likely N-dealkylation sites (tertiary alicyclic amines) is 1. The monoisotopic (exact) mass is 641 g/mol. The van der Waals surface area contributed by atoms with Gasteiger partial charge in [0.25, 0.3) is 0 Å². The van der Waals surface area contributed by atoms with E-state index in [4.69, 9.17) is 0 Å². The van der Waals surface area contributed by atoms with Crippen LogP contribution in [0.15, 0.2) is 0 Å². The summed E-state index contributed by atoms with van der Waals surface area (Å²) < 4.78 is 0. The zero-order chi connectivity index (χ0) is 34.3. The second-order valence-electron chi connectivity index (χ2n) is 11.4. The summed E-state index contributed by atoms with van der Waals surface area (Å²) in [4.78, 5) is 99.7. The standard InChI is InChI=1S/C28H47N7O10/c1-15(2)11-19(29-5)28(45)35-10-6-7-20(35)26(43)33-18(8-9-23(40)41)25(42)34-24(17(4)37)27(44)32-14-22(39)31-13-21(38)30-12-16(3)36/h15,17-20,24,29,37H,6-14H2,1-5H3,(H,30,38)(H,31,39)(H,32,44)(H,33,43)(H,34,42)(H,40,41)/t17-,18+,19+,20+,24+/m1/s1. The Balaban J connectivity index is 2.90. The number of Topliss-reactive ketones (excluding diaryl/α,β-unsaturated/α-hetero) is 1. The van der Waals surface area contributed by atoms with Crippen LogP contribution in [0.5, 0.6) is 0 Å². The Hall–Kier alpha value is -4.12. The molecule has 1 aliphatic rings. The number of aliphatic hydroxyl groups excluding tert-OH is 1. The van der Waals surface area contributed by atoms with Crippen LogP contribution in [-0.4, -0.2) is 126 Å². The summed E-state index contributed by atoms with van der Waals surface area (Å²) in [6.45, 7) is 5.46. The lowest BCUT2D eigenvalue weighted by molar-refractivity contribution is -0.142. The van der Waals surface area contributed by atoms with E-state index in [9.17, 15) is 48.6 Å². The van der Waals surface area contributed by atoms with E-state index in [0.717, 1.165) is 0 Å². The maximum absolute atomic E-state index is 13.3. The topological polar surface area (TPSA) is 252 Å². The summed E-state index contributed by atoms with van der Waals surface area (Å²) in [5.41, 5.74) is 0. The van der Waals surface area contributed by atoms with Crippen molar-refractivity contribution in [2.24, 2.45) is 5.92 Å². The number of carbonyl (C=O) groups is 8. The molecule has 1 rings (SSSR count). The Morgan fingerprint density at radius 2 is 1.44 bits per heavy atom. The van der Waals surface area contributed by atoms with Crippen LogP contribution in [-0.2, 0) is 38.4 Å². The van der Waals surface area contributed by atoms with Crippen molar-refractivity contribution in [1.29, 1.82) is 0 Å². The largest absolute Gasteiger partial charge is 0.481 e. The number of nitrogens with one attached hydrogen (secondary N) is 6. The molecule has 0 bridgehead atoms. The fraction of sp³-hybridized carbons (Fsp3) is 0.714. The quantitative estimate of drug-likeness (QED) is 0.0696. The highest BCUT2D eigenvalue weighted by Crippen LogP contribution is 2.21. The molecule has 0 aliphatic carbocycles. The molecule has 1 saturated heterocycles. The van der Waals surface area contributed by atoms with Crippen LogP contribution in [0.25, 0.3) is 0 Å². The lowest BCUT2D eigenvalue weighted by atomic mass is 10.0. The van der Waals surface area contributed by atoms with Gasteiger partial charge in [0, 0.05) is 13.0 Å². The number of aliphatic carboxylic acids is 1. The molecule has 1 aliphatic heterocycles. The molecule has 0 aromatic carbocycles. The molecule has 0 spiro atoms. The zero-order valence-corrected chi connectivity index (χ0v) is 26.4. The predicted octanol–water partition coefficient (Wildman–Crippen LogP) is -3.24.